The third kappa shape index (κ3) is 3.72. The molecule has 0 fully saturated rings. The average Bonchev–Trinajstić information content (AvgIpc) is 2.96. The molecule has 1 aromatic heterocycles. The molecule has 0 aliphatic carbocycles. The molecular formula is C18H15N3O3S. The van der Waals surface area contributed by atoms with Crippen LogP contribution in [-0.2, 0) is 11.3 Å². The summed E-state index contributed by atoms with van der Waals surface area (Å²) in [6, 6.07) is 14.1. The molecule has 6 nitrogen and oxygen atoms in total. The van der Waals surface area contributed by atoms with Crippen LogP contribution in [0.2, 0.25) is 0 Å². The van der Waals surface area contributed by atoms with Gasteiger partial charge in [0.2, 0.25) is 0 Å². The zero-order valence-corrected chi connectivity index (χ0v) is 14.3. The predicted octanol–water partition coefficient (Wildman–Crippen LogP) is 3.77. The molecule has 7 heteroatoms. The van der Waals surface area contributed by atoms with Gasteiger partial charge in [0.15, 0.2) is 4.80 Å². The first kappa shape index (κ1) is 16.8. The Kier molecular flexibility index (Phi) is 4.85. The van der Waals surface area contributed by atoms with E-state index in [2.05, 4.69) is 4.99 Å². The van der Waals surface area contributed by atoms with Gasteiger partial charge in [0.25, 0.3) is 11.6 Å². The van der Waals surface area contributed by atoms with Crippen molar-refractivity contribution in [3.05, 3.63) is 75.1 Å². The number of benzene rings is 2. The highest BCUT2D eigenvalue weighted by atomic mass is 32.1. The Morgan fingerprint density at radius 1 is 1.28 bits per heavy atom. The Bertz CT molecular complexity index is 1030. The molecular weight excluding hydrogens is 338 g/mol. The first-order valence-electron chi connectivity index (χ1n) is 7.68. The lowest BCUT2D eigenvalue weighted by atomic mass is 10.2. The summed E-state index contributed by atoms with van der Waals surface area (Å²) in [7, 11) is 0. The minimum Gasteiger partial charge on any atom is -0.316 e. The van der Waals surface area contributed by atoms with Gasteiger partial charge in [-0.25, -0.2) is 0 Å². The number of hydrogen-bond donors (Lipinski definition) is 0. The number of aryl methyl sites for hydroxylation is 1. The van der Waals surface area contributed by atoms with Crippen LogP contribution in [0, 0.1) is 10.1 Å². The van der Waals surface area contributed by atoms with Crippen LogP contribution in [0.1, 0.15) is 12.5 Å². The number of nitro groups is 1. The highest BCUT2D eigenvalue weighted by Crippen LogP contribution is 2.23. The number of carbonyl (C=O) groups excluding carboxylic acids is 1. The SMILES string of the molecule is CCn1c(=NC(=O)/C=C/c2ccccc2)sc2ccc([N+](=O)[O-])cc21. The number of carbonyl (C=O) groups is 1. The van der Waals surface area contributed by atoms with E-state index in [0.717, 1.165) is 10.3 Å². The van der Waals surface area contributed by atoms with Crippen LogP contribution in [0.3, 0.4) is 0 Å². The molecule has 126 valence electrons. The molecule has 1 amide bonds. The van der Waals surface area contributed by atoms with Crippen molar-refractivity contribution in [1.29, 1.82) is 0 Å². The molecule has 3 rings (SSSR count). The van der Waals surface area contributed by atoms with Gasteiger partial charge in [0.1, 0.15) is 0 Å². The molecule has 3 aromatic rings. The first-order chi connectivity index (χ1) is 12.1. The zero-order valence-electron chi connectivity index (χ0n) is 13.5. The molecule has 0 N–H and O–H groups in total. The van der Waals surface area contributed by atoms with Crippen LogP contribution >= 0.6 is 11.3 Å². The summed E-state index contributed by atoms with van der Waals surface area (Å²) in [4.78, 5) is 27.3. The van der Waals surface area contributed by atoms with Crippen molar-refractivity contribution < 1.29 is 9.72 Å². The second kappa shape index (κ2) is 7.23. The second-order valence-electron chi connectivity index (χ2n) is 5.23. The smallest absolute Gasteiger partial charge is 0.272 e. The van der Waals surface area contributed by atoms with E-state index in [0.29, 0.717) is 16.9 Å². The van der Waals surface area contributed by atoms with E-state index in [1.165, 1.54) is 29.5 Å². The number of amides is 1. The fourth-order valence-electron chi connectivity index (χ4n) is 2.43. The van der Waals surface area contributed by atoms with Gasteiger partial charge in [-0.3, -0.25) is 14.9 Å². The highest BCUT2D eigenvalue weighted by Gasteiger charge is 2.11. The minimum absolute atomic E-state index is 0.0225. The topological polar surface area (TPSA) is 77.5 Å². The van der Waals surface area contributed by atoms with Gasteiger partial charge in [-0.15, -0.1) is 0 Å². The van der Waals surface area contributed by atoms with Gasteiger partial charge in [-0.2, -0.15) is 4.99 Å². The number of rotatable bonds is 4. The number of nitro benzene ring substituents is 1. The van der Waals surface area contributed by atoms with Crippen molar-refractivity contribution in [2.75, 3.05) is 0 Å². The van der Waals surface area contributed by atoms with Crippen molar-refractivity contribution >= 4 is 39.2 Å². The molecule has 0 saturated carbocycles. The summed E-state index contributed by atoms with van der Waals surface area (Å²) < 4.78 is 2.66. The Balaban J connectivity index is 1.99. The summed E-state index contributed by atoms with van der Waals surface area (Å²) in [5.74, 6) is -0.368. The summed E-state index contributed by atoms with van der Waals surface area (Å²) in [6.07, 6.45) is 3.13. The van der Waals surface area contributed by atoms with E-state index in [9.17, 15) is 14.9 Å². The van der Waals surface area contributed by atoms with Crippen molar-refractivity contribution in [1.82, 2.24) is 4.57 Å². The normalized spacial score (nSPS) is 12.1. The number of aromatic nitrogens is 1. The Labute approximate surface area is 147 Å². The fourth-order valence-corrected chi connectivity index (χ4v) is 3.50. The van der Waals surface area contributed by atoms with E-state index >= 15 is 0 Å². The first-order valence-corrected chi connectivity index (χ1v) is 8.49. The van der Waals surface area contributed by atoms with Crippen LogP contribution in [0.4, 0.5) is 5.69 Å². The van der Waals surface area contributed by atoms with Crippen molar-refractivity contribution in [3.8, 4) is 0 Å². The largest absolute Gasteiger partial charge is 0.316 e. The Hall–Kier alpha value is -3.06. The third-order valence-corrected chi connectivity index (χ3v) is 4.68. The lowest BCUT2D eigenvalue weighted by Crippen LogP contribution is -2.15. The van der Waals surface area contributed by atoms with Gasteiger partial charge in [-0.05, 0) is 24.6 Å². The second-order valence-corrected chi connectivity index (χ2v) is 6.24. The Morgan fingerprint density at radius 3 is 2.72 bits per heavy atom. The van der Waals surface area contributed by atoms with Crippen LogP contribution in [0.5, 0.6) is 0 Å². The van der Waals surface area contributed by atoms with Gasteiger partial charge in [-0.1, -0.05) is 41.7 Å². The maximum absolute atomic E-state index is 12.1. The third-order valence-electron chi connectivity index (χ3n) is 3.62. The molecule has 0 spiro atoms. The fraction of sp³-hybridized carbons (Fsp3) is 0.111. The highest BCUT2D eigenvalue weighted by molar-refractivity contribution is 7.16. The quantitative estimate of drug-likeness (QED) is 0.407. The summed E-state index contributed by atoms with van der Waals surface area (Å²) in [5.41, 5.74) is 1.65. The number of non-ortho nitro benzene ring substituents is 1. The molecule has 0 bridgehead atoms. The number of fused-ring (bicyclic) bond motifs is 1. The maximum Gasteiger partial charge on any atom is 0.272 e. The number of nitrogens with zero attached hydrogens (tertiary/aromatic N) is 3. The minimum atomic E-state index is -0.429. The van der Waals surface area contributed by atoms with E-state index in [1.54, 1.807) is 16.7 Å². The van der Waals surface area contributed by atoms with Gasteiger partial charge >= 0.3 is 0 Å². The lowest BCUT2D eigenvalue weighted by Gasteiger charge is -1.99. The van der Waals surface area contributed by atoms with Gasteiger partial charge in [0, 0.05) is 24.8 Å². The van der Waals surface area contributed by atoms with Crippen LogP contribution in [0.25, 0.3) is 16.3 Å². The summed E-state index contributed by atoms with van der Waals surface area (Å²) in [6.45, 7) is 2.48. The summed E-state index contributed by atoms with van der Waals surface area (Å²) >= 11 is 1.34. The van der Waals surface area contributed by atoms with E-state index in [4.69, 9.17) is 0 Å². The average molecular weight is 353 g/mol. The van der Waals surface area contributed by atoms with Crippen LogP contribution in [0.15, 0.2) is 59.6 Å². The molecule has 0 unspecified atom stereocenters. The molecule has 2 aromatic carbocycles. The van der Waals surface area contributed by atoms with Gasteiger partial charge in [0.05, 0.1) is 15.1 Å². The number of thiazole rings is 1. The van der Waals surface area contributed by atoms with Gasteiger partial charge < -0.3 is 4.57 Å². The van der Waals surface area contributed by atoms with Crippen LogP contribution < -0.4 is 4.80 Å². The van der Waals surface area contributed by atoms with E-state index in [-0.39, 0.29) is 11.6 Å². The van der Waals surface area contributed by atoms with Crippen molar-refractivity contribution in [3.63, 3.8) is 0 Å². The van der Waals surface area contributed by atoms with Crippen LogP contribution in [-0.4, -0.2) is 15.4 Å². The molecule has 25 heavy (non-hydrogen) atoms. The van der Waals surface area contributed by atoms with Crippen molar-refractivity contribution in [2.24, 2.45) is 4.99 Å². The number of hydrogen-bond acceptors (Lipinski definition) is 4. The monoisotopic (exact) mass is 353 g/mol. The molecule has 0 radical (unpaired) electrons. The molecule has 0 aliphatic heterocycles. The molecule has 0 aliphatic rings. The predicted molar refractivity (Wildman–Crippen MR) is 98.2 cm³/mol. The molecule has 1 heterocycles. The lowest BCUT2D eigenvalue weighted by molar-refractivity contribution is -0.384. The molecule has 0 saturated heterocycles. The van der Waals surface area contributed by atoms with E-state index < -0.39 is 4.92 Å². The standard InChI is InChI=1S/C18H15N3O3S/c1-2-20-15-12-14(21(23)24)9-10-16(15)25-18(20)19-17(22)11-8-13-6-4-3-5-7-13/h3-12H,2H2,1H3/b11-8+,19-18?. The zero-order chi connectivity index (χ0) is 17.8. The molecule has 0 atom stereocenters. The summed E-state index contributed by atoms with van der Waals surface area (Å²) in [5, 5.41) is 11.0. The maximum atomic E-state index is 12.1. The van der Waals surface area contributed by atoms with Crippen molar-refractivity contribution in [2.45, 2.75) is 13.5 Å². The van der Waals surface area contributed by atoms with E-state index in [1.807, 2.05) is 37.3 Å². The Morgan fingerprint density at radius 2 is 2.04 bits per heavy atom.